The second-order valence-corrected chi connectivity index (χ2v) is 7.14. The Hall–Kier alpha value is -1.40. The summed E-state index contributed by atoms with van der Waals surface area (Å²) in [5.74, 6) is 8.42. The van der Waals surface area contributed by atoms with Crippen molar-refractivity contribution in [3.63, 3.8) is 0 Å². The van der Waals surface area contributed by atoms with E-state index in [1.165, 1.54) is 0 Å². The summed E-state index contributed by atoms with van der Waals surface area (Å²) in [6.45, 7) is 10.8. The molecule has 2 atom stereocenters. The van der Waals surface area contributed by atoms with Crippen LogP contribution in [0.2, 0.25) is 0 Å². The van der Waals surface area contributed by atoms with Gasteiger partial charge in [-0.25, -0.2) is 15.8 Å². The lowest BCUT2D eigenvalue weighted by Gasteiger charge is -2.35. The second-order valence-electron chi connectivity index (χ2n) is 7.14. The Morgan fingerprint density at radius 2 is 1.95 bits per heavy atom. The maximum atomic E-state index is 5.53. The summed E-state index contributed by atoms with van der Waals surface area (Å²) < 4.78 is 0. The zero-order chi connectivity index (χ0) is 15.6. The van der Waals surface area contributed by atoms with Crippen molar-refractivity contribution in [2.75, 3.05) is 30.9 Å². The number of piperidine rings is 1. The number of nitrogens with one attached hydrogen (secondary N) is 2. The van der Waals surface area contributed by atoms with Crippen LogP contribution in [-0.2, 0) is 5.41 Å². The fourth-order valence-electron chi connectivity index (χ4n) is 2.69. The molecule has 118 valence electrons. The summed E-state index contributed by atoms with van der Waals surface area (Å²) in [5.41, 5.74) is 2.53. The molecule has 0 aliphatic carbocycles. The van der Waals surface area contributed by atoms with Gasteiger partial charge in [-0.2, -0.15) is 0 Å². The van der Waals surface area contributed by atoms with Crippen molar-refractivity contribution in [2.24, 2.45) is 11.8 Å². The minimum atomic E-state index is -0.109. The Morgan fingerprint density at radius 3 is 2.52 bits per heavy atom. The summed E-state index contributed by atoms with van der Waals surface area (Å²) in [6, 6.07) is 2.31. The first kappa shape index (κ1) is 16.0. The van der Waals surface area contributed by atoms with Crippen molar-refractivity contribution in [3.05, 3.63) is 11.9 Å². The lowest BCUT2D eigenvalue weighted by Crippen LogP contribution is -2.43. The summed E-state index contributed by atoms with van der Waals surface area (Å²) in [6.07, 6.45) is 1.12. The van der Waals surface area contributed by atoms with Crippen LogP contribution in [0.15, 0.2) is 6.07 Å². The monoisotopic (exact) mass is 292 g/mol. The van der Waals surface area contributed by atoms with E-state index in [0.29, 0.717) is 17.8 Å². The molecule has 2 rings (SSSR count). The Morgan fingerprint density at radius 1 is 1.29 bits per heavy atom. The minimum Gasteiger partial charge on any atom is -0.367 e. The van der Waals surface area contributed by atoms with Crippen LogP contribution in [0.3, 0.4) is 0 Å². The number of rotatable bonds is 3. The van der Waals surface area contributed by atoms with Crippen LogP contribution in [0.4, 0.5) is 11.6 Å². The van der Waals surface area contributed by atoms with Crippen LogP contribution < -0.4 is 16.6 Å². The summed E-state index contributed by atoms with van der Waals surface area (Å²) in [4.78, 5) is 11.5. The molecule has 0 aromatic carbocycles. The molecule has 1 aromatic heterocycles. The SMILES string of the molecule is CC1CN(C)CCC1Nc1cc(NN)nc(C(C)(C)C)n1. The molecule has 4 N–H and O–H groups in total. The van der Waals surface area contributed by atoms with Gasteiger partial charge in [0.25, 0.3) is 0 Å². The highest BCUT2D eigenvalue weighted by atomic mass is 15.3. The number of hydrogen-bond acceptors (Lipinski definition) is 6. The fourth-order valence-corrected chi connectivity index (χ4v) is 2.69. The van der Waals surface area contributed by atoms with E-state index in [-0.39, 0.29) is 5.41 Å². The average molecular weight is 292 g/mol. The lowest BCUT2D eigenvalue weighted by molar-refractivity contribution is 0.206. The van der Waals surface area contributed by atoms with Crippen molar-refractivity contribution in [2.45, 2.75) is 45.6 Å². The predicted molar refractivity (Wildman–Crippen MR) is 87.2 cm³/mol. The third-order valence-corrected chi connectivity index (χ3v) is 3.99. The summed E-state index contributed by atoms with van der Waals surface area (Å²) >= 11 is 0. The number of hydrazine groups is 1. The third-order valence-electron chi connectivity index (χ3n) is 3.99. The van der Waals surface area contributed by atoms with Gasteiger partial charge in [0.05, 0.1) is 0 Å². The number of nitrogens with zero attached hydrogens (tertiary/aromatic N) is 3. The van der Waals surface area contributed by atoms with Crippen LogP contribution >= 0.6 is 0 Å². The molecule has 1 saturated heterocycles. The first-order valence-electron chi connectivity index (χ1n) is 7.61. The molecule has 0 radical (unpaired) electrons. The lowest BCUT2D eigenvalue weighted by atomic mass is 9.94. The van der Waals surface area contributed by atoms with Crippen LogP contribution in [0.25, 0.3) is 0 Å². The van der Waals surface area contributed by atoms with Gasteiger partial charge >= 0.3 is 0 Å². The average Bonchev–Trinajstić information content (AvgIpc) is 2.40. The third kappa shape index (κ3) is 4.04. The van der Waals surface area contributed by atoms with Gasteiger partial charge in [-0.3, -0.25) is 0 Å². The van der Waals surface area contributed by atoms with E-state index >= 15 is 0 Å². The highest BCUT2D eigenvalue weighted by Gasteiger charge is 2.25. The molecule has 6 heteroatoms. The Labute approximate surface area is 127 Å². The van der Waals surface area contributed by atoms with Gasteiger partial charge in [0, 0.05) is 24.1 Å². The molecule has 6 nitrogen and oxygen atoms in total. The molecule has 2 heterocycles. The minimum absolute atomic E-state index is 0.109. The molecule has 0 amide bonds. The van der Waals surface area contributed by atoms with E-state index in [1.54, 1.807) is 0 Å². The Kier molecular flexibility index (Phi) is 4.68. The molecule has 1 aromatic rings. The quantitative estimate of drug-likeness (QED) is 0.582. The maximum Gasteiger partial charge on any atom is 0.145 e. The molecule has 1 aliphatic rings. The van der Waals surface area contributed by atoms with Gasteiger partial charge in [-0.05, 0) is 25.9 Å². The zero-order valence-corrected chi connectivity index (χ0v) is 13.8. The first-order valence-corrected chi connectivity index (χ1v) is 7.61. The maximum absolute atomic E-state index is 5.53. The molecule has 1 aliphatic heterocycles. The fraction of sp³-hybridized carbons (Fsp3) is 0.733. The van der Waals surface area contributed by atoms with Gasteiger partial charge in [-0.15, -0.1) is 0 Å². The number of nitrogens with two attached hydrogens (primary N) is 1. The van der Waals surface area contributed by atoms with Crippen LogP contribution in [0.5, 0.6) is 0 Å². The molecule has 21 heavy (non-hydrogen) atoms. The number of aromatic nitrogens is 2. The van der Waals surface area contributed by atoms with Crippen molar-refractivity contribution in [1.82, 2.24) is 14.9 Å². The molecule has 0 spiro atoms. The Balaban J connectivity index is 2.19. The molecule has 2 unspecified atom stereocenters. The second kappa shape index (κ2) is 6.15. The topological polar surface area (TPSA) is 79.1 Å². The van der Waals surface area contributed by atoms with Gasteiger partial charge < -0.3 is 15.6 Å². The van der Waals surface area contributed by atoms with E-state index in [0.717, 1.165) is 31.2 Å². The van der Waals surface area contributed by atoms with Crippen molar-refractivity contribution in [3.8, 4) is 0 Å². The van der Waals surface area contributed by atoms with Crippen molar-refractivity contribution < 1.29 is 0 Å². The van der Waals surface area contributed by atoms with Crippen LogP contribution in [0.1, 0.15) is 39.9 Å². The van der Waals surface area contributed by atoms with Crippen molar-refractivity contribution >= 4 is 11.6 Å². The predicted octanol–water partition coefficient (Wildman–Crippen LogP) is 1.81. The number of nitrogen functional groups attached to an aromatic ring is 1. The smallest absolute Gasteiger partial charge is 0.145 e. The number of likely N-dealkylation sites (tertiary alicyclic amines) is 1. The number of hydrogen-bond donors (Lipinski definition) is 3. The standard InChI is InChI=1S/C15H28N6/c1-10-9-21(5)7-6-11(10)17-12-8-13(20-16)19-14(18-12)15(2,3)4/h8,10-11H,6-7,9,16H2,1-5H3,(H2,17,18,19,20). The zero-order valence-electron chi connectivity index (χ0n) is 13.8. The number of anilines is 2. The first-order chi connectivity index (χ1) is 9.79. The normalized spacial score (nSPS) is 23.9. The van der Waals surface area contributed by atoms with E-state index in [2.05, 4.69) is 60.4 Å². The summed E-state index contributed by atoms with van der Waals surface area (Å²) in [5, 5.41) is 3.57. The van der Waals surface area contributed by atoms with Gasteiger partial charge in [0.1, 0.15) is 17.5 Å². The van der Waals surface area contributed by atoms with Gasteiger partial charge in [0.15, 0.2) is 0 Å². The van der Waals surface area contributed by atoms with Gasteiger partial charge in [-0.1, -0.05) is 27.7 Å². The van der Waals surface area contributed by atoms with E-state index in [4.69, 9.17) is 5.84 Å². The molecule has 0 bridgehead atoms. The van der Waals surface area contributed by atoms with Crippen molar-refractivity contribution in [1.29, 1.82) is 0 Å². The Bertz CT molecular complexity index is 482. The molecule has 0 saturated carbocycles. The van der Waals surface area contributed by atoms with E-state index < -0.39 is 0 Å². The highest BCUT2D eigenvalue weighted by Crippen LogP contribution is 2.24. The van der Waals surface area contributed by atoms with Crippen LogP contribution in [0, 0.1) is 5.92 Å². The molecular weight excluding hydrogens is 264 g/mol. The molecule has 1 fully saturated rings. The molecular formula is C15H28N6. The van der Waals surface area contributed by atoms with Gasteiger partial charge in [0.2, 0.25) is 0 Å². The van der Waals surface area contributed by atoms with E-state index in [9.17, 15) is 0 Å². The van der Waals surface area contributed by atoms with E-state index in [1.807, 2.05) is 6.07 Å². The summed E-state index contributed by atoms with van der Waals surface area (Å²) in [7, 11) is 2.17. The largest absolute Gasteiger partial charge is 0.367 e. The van der Waals surface area contributed by atoms with Crippen LogP contribution in [-0.4, -0.2) is 41.0 Å². The highest BCUT2D eigenvalue weighted by molar-refractivity contribution is 5.48.